The molecule has 0 saturated heterocycles. The van der Waals surface area contributed by atoms with E-state index in [0.717, 1.165) is 53.4 Å². The first-order valence-electron chi connectivity index (χ1n) is 11.0. The first-order valence-corrected chi connectivity index (χ1v) is 11.0. The Morgan fingerprint density at radius 1 is 0.848 bits per heavy atom. The molecule has 1 aliphatic carbocycles. The Morgan fingerprint density at radius 3 is 2.30 bits per heavy atom. The zero-order valence-electron chi connectivity index (χ0n) is 18.6. The van der Waals surface area contributed by atoms with Crippen LogP contribution in [0.5, 0.6) is 0 Å². The molecular formula is C24H26N8O. The second-order valence-electron chi connectivity index (χ2n) is 8.47. The van der Waals surface area contributed by atoms with Crippen LogP contribution in [-0.4, -0.2) is 41.4 Å². The summed E-state index contributed by atoms with van der Waals surface area (Å²) in [6.07, 6.45) is 13.9. The van der Waals surface area contributed by atoms with Crippen LogP contribution in [0, 0.1) is 6.92 Å². The number of pyridine rings is 2. The monoisotopic (exact) mass is 442 g/mol. The van der Waals surface area contributed by atoms with Gasteiger partial charge in [-0.3, -0.25) is 19.0 Å². The molecule has 168 valence electrons. The Kier molecular flexibility index (Phi) is 5.60. The standard InChI is InChI=1S/C24H26N8O/c1-16-10-26-23(13-25-16)30-20-5-4-19(9-20)29-22-7-6-21(12-27-22)32-15-17(3-8-24(32)33)18-11-28-31(2)14-18/h3,6-8,10-15,19-20H,4-5,9H2,1-2H3,(H,26,30)(H,27,29)/t19-,20-/m0/s1. The molecule has 1 aliphatic rings. The van der Waals surface area contributed by atoms with E-state index in [-0.39, 0.29) is 5.56 Å². The second-order valence-corrected chi connectivity index (χ2v) is 8.47. The molecule has 0 unspecified atom stereocenters. The molecule has 4 aromatic rings. The molecule has 9 nitrogen and oxygen atoms in total. The van der Waals surface area contributed by atoms with E-state index >= 15 is 0 Å². The second kappa shape index (κ2) is 8.85. The van der Waals surface area contributed by atoms with Crippen LogP contribution in [0.15, 0.2) is 66.2 Å². The number of anilines is 2. The molecule has 0 bridgehead atoms. The van der Waals surface area contributed by atoms with Gasteiger partial charge in [-0.1, -0.05) is 0 Å². The average molecular weight is 443 g/mol. The summed E-state index contributed by atoms with van der Waals surface area (Å²) >= 11 is 0. The van der Waals surface area contributed by atoms with Crippen LogP contribution in [0.3, 0.4) is 0 Å². The summed E-state index contributed by atoms with van der Waals surface area (Å²) in [6.45, 7) is 1.93. The summed E-state index contributed by atoms with van der Waals surface area (Å²) in [5.41, 5.74) is 3.41. The van der Waals surface area contributed by atoms with Crippen molar-refractivity contribution in [1.82, 2.24) is 29.3 Å². The number of aryl methyl sites for hydroxylation is 2. The molecule has 2 atom stereocenters. The third-order valence-corrected chi connectivity index (χ3v) is 5.89. The van der Waals surface area contributed by atoms with E-state index in [2.05, 4.69) is 30.7 Å². The number of nitrogens with one attached hydrogen (secondary N) is 2. The molecule has 0 radical (unpaired) electrons. The first kappa shape index (κ1) is 20.9. The smallest absolute Gasteiger partial charge is 0.255 e. The van der Waals surface area contributed by atoms with Gasteiger partial charge in [0.25, 0.3) is 5.56 Å². The van der Waals surface area contributed by atoms with Gasteiger partial charge in [-0.2, -0.15) is 5.10 Å². The topological polar surface area (TPSA) is 103 Å². The first-order chi connectivity index (χ1) is 16.0. The molecule has 9 heteroatoms. The summed E-state index contributed by atoms with van der Waals surface area (Å²) in [7, 11) is 1.87. The van der Waals surface area contributed by atoms with E-state index in [4.69, 9.17) is 0 Å². The summed E-state index contributed by atoms with van der Waals surface area (Å²) in [6, 6.07) is 7.90. The molecule has 33 heavy (non-hydrogen) atoms. The lowest BCUT2D eigenvalue weighted by molar-refractivity contribution is 0.719. The van der Waals surface area contributed by atoms with E-state index < -0.39 is 0 Å². The SMILES string of the molecule is Cc1cnc(N[C@H]2CC[C@H](Nc3ccc(-n4cc(-c5cnn(C)c5)ccc4=O)cn3)C2)cn1. The molecule has 4 aromatic heterocycles. The van der Waals surface area contributed by atoms with Crippen LogP contribution in [0.4, 0.5) is 11.6 Å². The van der Waals surface area contributed by atoms with Gasteiger partial charge in [-0.25, -0.2) is 9.97 Å². The summed E-state index contributed by atoms with van der Waals surface area (Å²) in [4.78, 5) is 25.7. The van der Waals surface area contributed by atoms with E-state index in [1.54, 1.807) is 40.1 Å². The lowest BCUT2D eigenvalue weighted by atomic mass is 10.1. The van der Waals surface area contributed by atoms with Gasteiger partial charge in [0, 0.05) is 48.7 Å². The van der Waals surface area contributed by atoms with E-state index in [9.17, 15) is 4.79 Å². The van der Waals surface area contributed by atoms with E-state index in [1.807, 2.05) is 44.6 Å². The maximum atomic E-state index is 12.5. The summed E-state index contributed by atoms with van der Waals surface area (Å²) in [5.74, 6) is 1.61. The number of aromatic nitrogens is 6. The summed E-state index contributed by atoms with van der Waals surface area (Å²) < 4.78 is 3.35. The highest BCUT2D eigenvalue weighted by atomic mass is 16.1. The molecule has 2 N–H and O–H groups in total. The number of hydrogen-bond donors (Lipinski definition) is 2. The molecule has 4 heterocycles. The minimum atomic E-state index is -0.103. The molecule has 1 fully saturated rings. The fourth-order valence-corrected chi connectivity index (χ4v) is 4.17. The van der Waals surface area contributed by atoms with Gasteiger partial charge in [-0.15, -0.1) is 0 Å². The van der Waals surface area contributed by atoms with E-state index in [1.165, 1.54) is 0 Å². The van der Waals surface area contributed by atoms with Crippen molar-refractivity contribution in [2.24, 2.45) is 7.05 Å². The van der Waals surface area contributed by atoms with Crippen LogP contribution in [-0.2, 0) is 7.05 Å². The molecule has 1 saturated carbocycles. The van der Waals surface area contributed by atoms with Gasteiger partial charge in [0.15, 0.2) is 0 Å². The van der Waals surface area contributed by atoms with Crippen LogP contribution < -0.4 is 16.2 Å². The Morgan fingerprint density at radius 2 is 1.64 bits per heavy atom. The van der Waals surface area contributed by atoms with E-state index in [0.29, 0.717) is 12.1 Å². The van der Waals surface area contributed by atoms with Crippen LogP contribution >= 0.6 is 0 Å². The number of rotatable bonds is 6. The third-order valence-electron chi connectivity index (χ3n) is 5.89. The Hall–Kier alpha value is -4.01. The maximum Gasteiger partial charge on any atom is 0.255 e. The van der Waals surface area contributed by atoms with Crippen molar-refractivity contribution in [3.8, 4) is 16.8 Å². The zero-order chi connectivity index (χ0) is 22.8. The van der Waals surface area contributed by atoms with Crippen molar-refractivity contribution >= 4 is 11.6 Å². The van der Waals surface area contributed by atoms with Crippen molar-refractivity contribution in [3.63, 3.8) is 0 Å². The normalized spacial score (nSPS) is 17.8. The molecular weight excluding hydrogens is 416 g/mol. The highest BCUT2D eigenvalue weighted by Gasteiger charge is 2.25. The largest absolute Gasteiger partial charge is 0.367 e. The molecule has 0 aliphatic heterocycles. The summed E-state index contributed by atoms with van der Waals surface area (Å²) in [5, 5.41) is 11.2. The van der Waals surface area contributed by atoms with Crippen LogP contribution in [0.1, 0.15) is 25.0 Å². The van der Waals surface area contributed by atoms with Crippen molar-refractivity contribution in [1.29, 1.82) is 0 Å². The minimum Gasteiger partial charge on any atom is -0.367 e. The van der Waals surface area contributed by atoms with Gasteiger partial charge in [-0.05, 0) is 44.4 Å². The van der Waals surface area contributed by atoms with Gasteiger partial charge in [0.05, 0.1) is 36.2 Å². The fourth-order valence-electron chi connectivity index (χ4n) is 4.17. The Labute approximate surface area is 191 Å². The van der Waals surface area contributed by atoms with Crippen molar-refractivity contribution in [3.05, 3.63) is 77.5 Å². The lowest BCUT2D eigenvalue weighted by Crippen LogP contribution is -2.22. The van der Waals surface area contributed by atoms with Gasteiger partial charge in [0.2, 0.25) is 0 Å². The Bertz CT molecular complexity index is 1290. The molecule has 0 spiro atoms. The van der Waals surface area contributed by atoms with Gasteiger partial charge < -0.3 is 10.6 Å². The van der Waals surface area contributed by atoms with Crippen molar-refractivity contribution < 1.29 is 0 Å². The lowest BCUT2D eigenvalue weighted by Gasteiger charge is -2.16. The highest BCUT2D eigenvalue weighted by molar-refractivity contribution is 5.61. The molecule has 5 rings (SSSR count). The maximum absolute atomic E-state index is 12.5. The quantitative estimate of drug-likeness (QED) is 0.473. The predicted octanol–water partition coefficient (Wildman–Crippen LogP) is 3.18. The van der Waals surface area contributed by atoms with Gasteiger partial charge >= 0.3 is 0 Å². The van der Waals surface area contributed by atoms with Crippen LogP contribution in [0.2, 0.25) is 0 Å². The van der Waals surface area contributed by atoms with Crippen molar-refractivity contribution in [2.75, 3.05) is 10.6 Å². The van der Waals surface area contributed by atoms with Crippen LogP contribution in [0.25, 0.3) is 16.8 Å². The third kappa shape index (κ3) is 4.77. The zero-order valence-corrected chi connectivity index (χ0v) is 18.6. The fraction of sp³-hybridized carbons (Fsp3) is 0.292. The minimum absolute atomic E-state index is 0.103. The molecule has 0 aromatic carbocycles. The Balaban J connectivity index is 1.24. The number of hydrogen-bond acceptors (Lipinski definition) is 7. The number of nitrogens with zero attached hydrogens (tertiary/aromatic N) is 6. The van der Waals surface area contributed by atoms with Gasteiger partial charge in [0.1, 0.15) is 11.6 Å². The average Bonchev–Trinajstić information content (AvgIpc) is 3.45. The molecule has 0 amide bonds. The predicted molar refractivity (Wildman–Crippen MR) is 127 cm³/mol. The highest BCUT2D eigenvalue weighted by Crippen LogP contribution is 2.25. The van der Waals surface area contributed by atoms with Crippen molar-refractivity contribution in [2.45, 2.75) is 38.3 Å².